The number of hydrogen-bond donors (Lipinski definition) is 2. The van der Waals surface area contributed by atoms with Gasteiger partial charge in [0.1, 0.15) is 0 Å². The van der Waals surface area contributed by atoms with Gasteiger partial charge in [-0.15, -0.1) is 0 Å². The number of rotatable bonds is 5. The predicted molar refractivity (Wildman–Crippen MR) is 75.7 cm³/mol. The molecular weight excluding hydrogens is 238 g/mol. The zero-order chi connectivity index (χ0) is 13.7. The average molecular weight is 261 g/mol. The molecule has 0 saturated carbocycles. The van der Waals surface area contributed by atoms with Crippen molar-refractivity contribution in [1.82, 2.24) is 15.6 Å². The van der Waals surface area contributed by atoms with Crippen molar-refractivity contribution in [2.24, 2.45) is 11.3 Å². The Morgan fingerprint density at radius 2 is 2.21 bits per heavy atom. The first-order valence-electron chi connectivity index (χ1n) is 7.03. The molecule has 1 atom stereocenters. The van der Waals surface area contributed by atoms with Crippen molar-refractivity contribution in [1.29, 1.82) is 0 Å². The number of carbonyl (C=O) groups is 1. The first kappa shape index (κ1) is 14.0. The molecule has 0 aliphatic carbocycles. The Labute approximate surface area is 115 Å². The van der Waals surface area contributed by atoms with E-state index < -0.39 is 0 Å². The standard InChI is InChI=1S/C15H23N3O/c1-12(2)15(6-10-17-11-15)14(19)18-9-5-13-3-7-16-8-4-13/h3-4,7-8,12,17H,5-6,9-11H2,1-2H3,(H,18,19). The summed E-state index contributed by atoms with van der Waals surface area (Å²) in [7, 11) is 0. The van der Waals surface area contributed by atoms with Crippen LogP contribution in [0.1, 0.15) is 25.8 Å². The van der Waals surface area contributed by atoms with Gasteiger partial charge in [-0.05, 0) is 43.0 Å². The number of nitrogens with one attached hydrogen (secondary N) is 2. The summed E-state index contributed by atoms with van der Waals surface area (Å²) >= 11 is 0. The van der Waals surface area contributed by atoms with Crippen LogP contribution in [0.4, 0.5) is 0 Å². The van der Waals surface area contributed by atoms with Crippen LogP contribution in [-0.2, 0) is 11.2 Å². The van der Waals surface area contributed by atoms with Crippen LogP contribution in [0.3, 0.4) is 0 Å². The average Bonchev–Trinajstić information content (AvgIpc) is 2.90. The third-order valence-corrected chi connectivity index (χ3v) is 4.19. The highest BCUT2D eigenvalue weighted by Gasteiger charge is 2.43. The van der Waals surface area contributed by atoms with Gasteiger partial charge in [-0.3, -0.25) is 9.78 Å². The van der Waals surface area contributed by atoms with E-state index in [1.165, 1.54) is 5.56 Å². The van der Waals surface area contributed by atoms with Gasteiger partial charge in [-0.2, -0.15) is 0 Å². The van der Waals surface area contributed by atoms with Crippen LogP contribution in [0.2, 0.25) is 0 Å². The van der Waals surface area contributed by atoms with Gasteiger partial charge in [0.2, 0.25) is 5.91 Å². The van der Waals surface area contributed by atoms with Gasteiger partial charge in [0.15, 0.2) is 0 Å². The van der Waals surface area contributed by atoms with E-state index in [1.807, 2.05) is 12.1 Å². The molecule has 0 radical (unpaired) electrons. The number of amides is 1. The van der Waals surface area contributed by atoms with E-state index in [0.717, 1.165) is 25.9 Å². The fraction of sp³-hybridized carbons (Fsp3) is 0.600. The molecule has 0 bridgehead atoms. The third-order valence-electron chi connectivity index (χ3n) is 4.19. The molecule has 1 amide bonds. The quantitative estimate of drug-likeness (QED) is 0.842. The normalized spacial score (nSPS) is 22.7. The third kappa shape index (κ3) is 3.13. The lowest BCUT2D eigenvalue weighted by atomic mass is 9.75. The van der Waals surface area contributed by atoms with Gasteiger partial charge in [0, 0.05) is 25.5 Å². The molecule has 1 saturated heterocycles. The van der Waals surface area contributed by atoms with Crippen LogP contribution in [0, 0.1) is 11.3 Å². The maximum atomic E-state index is 12.4. The van der Waals surface area contributed by atoms with Crippen LogP contribution in [-0.4, -0.2) is 30.5 Å². The zero-order valence-corrected chi connectivity index (χ0v) is 11.8. The molecule has 2 rings (SSSR count). The van der Waals surface area contributed by atoms with Crippen molar-refractivity contribution in [3.63, 3.8) is 0 Å². The Kier molecular flexibility index (Phi) is 4.53. The lowest BCUT2D eigenvalue weighted by Gasteiger charge is -2.31. The lowest BCUT2D eigenvalue weighted by molar-refractivity contribution is -0.132. The Morgan fingerprint density at radius 1 is 1.47 bits per heavy atom. The summed E-state index contributed by atoms with van der Waals surface area (Å²) in [5.74, 6) is 0.560. The van der Waals surface area contributed by atoms with Crippen LogP contribution in [0.5, 0.6) is 0 Å². The summed E-state index contributed by atoms with van der Waals surface area (Å²) < 4.78 is 0. The number of nitrogens with zero attached hydrogens (tertiary/aromatic N) is 1. The lowest BCUT2D eigenvalue weighted by Crippen LogP contribution is -2.46. The monoisotopic (exact) mass is 261 g/mol. The summed E-state index contributed by atoms with van der Waals surface area (Å²) in [6.07, 6.45) is 5.36. The van der Waals surface area contributed by atoms with Crippen molar-refractivity contribution >= 4 is 5.91 Å². The largest absolute Gasteiger partial charge is 0.355 e. The molecule has 1 aromatic rings. The molecule has 1 aromatic heterocycles. The Bertz CT molecular complexity index is 411. The molecule has 1 aliphatic heterocycles. The number of carbonyl (C=O) groups excluding carboxylic acids is 1. The maximum Gasteiger partial charge on any atom is 0.227 e. The zero-order valence-electron chi connectivity index (χ0n) is 11.8. The molecular formula is C15H23N3O. The molecule has 1 unspecified atom stereocenters. The fourth-order valence-electron chi connectivity index (χ4n) is 2.71. The summed E-state index contributed by atoms with van der Waals surface area (Å²) in [6, 6.07) is 3.98. The van der Waals surface area contributed by atoms with E-state index in [4.69, 9.17) is 0 Å². The van der Waals surface area contributed by atoms with Gasteiger partial charge in [0.05, 0.1) is 5.41 Å². The number of aromatic nitrogens is 1. The van der Waals surface area contributed by atoms with Gasteiger partial charge in [-0.1, -0.05) is 13.8 Å². The van der Waals surface area contributed by atoms with Gasteiger partial charge in [0.25, 0.3) is 0 Å². The molecule has 0 spiro atoms. The van der Waals surface area contributed by atoms with E-state index in [9.17, 15) is 4.79 Å². The smallest absolute Gasteiger partial charge is 0.227 e. The van der Waals surface area contributed by atoms with Crippen LogP contribution in [0.15, 0.2) is 24.5 Å². The highest BCUT2D eigenvalue weighted by molar-refractivity contribution is 5.83. The minimum atomic E-state index is -0.224. The second kappa shape index (κ2) is 6.15. The number of hydrogen-bond acceptors (Lipinski definition) is 3. The van der Waals surface area contributed by atoms with Crippen LogP contribution in [0.25, 0.3) is 0 Å². The van der Waals surface area contributed by atoms with Gasteiger partial charge >= 0.3 is 0 Å². The molecule has 2 N–H and O–H groups in total. The topological polar surface area (TPSA) is 54.0 Å². The Morgan fingerprint density at radius 3 is 2.79 bits per heavy atom. The van der Waals surface area contributed by atoms with Crippen molar-refractivity contribution in [3.05, 3.63) is 30.1 Å². The Balaban J connectivity index is 1.87. The molecule has 104 valence electrons. The molecule has 19 heavy (non-hydrogen) atoms. The molecule has 1 fully saturated rings. The minimum absolute atomic E-state index is 0.196. The highest BCUT2D eigenvalue weighted by atomic mass is 16.2. The maximum absolute atomic E-state index is 12.4. The SMILES string of the molecule is CC(C)C1(C(=O)NCCc2ccncc2)CCNC1. The van der Waals surface area contributed by atoms with E-state index >= 15 is 0 Å². The second-order valence-electron chi connectivity index (χ2n) is 5.60. The van der Waals surface area contributed by atoms with E-state index in [0.29, 0.717) is 12.5 Å². The minimum Gasteiger partial charge on any atom is -0.355 e. The van der Waals surface area contributed by atoms with Crippen molar-refractivity contribution < 1.29 is 4.79 Å². The number of pyridine rings is 1. The first-order chi connectivity index (χ1) is 9.15. The van der Waals surface area contributed by atoms with E-state index in [1.54, 1.807) is 12.4 Å². The van der Waals surface area contributed by atoms with Crippen molar-refractivity contribution in [3.8, 4) is 0 Å². The molecule has 2 heterocycles. The Hall–Kier alpha value is -1.42. The molecule has 4 heteroatoms. The van der Waals surface area contributed by atoms with E-state index in [2.05, 4.69) is 29.5 Å². The molecule has 1 aliphatic rings. The highest BCUT2D eigenvalue weighted by Crippen LogP contribution is 2.34. The van der Waals surface area contributed by atoms with E-state index in [-0.39, 0.29) is 11.3 Å². The predicted octanol–water partition coefficient (Wildman–Crippen LogP) is 1.38. The van der Waals surface area contributed by atoms with Crippen LogP contribution >= 0.6 is 0 Å². The summed E-state index contributed by atoms with van der Waals surface area (Å²) in [5.41, 5.74) is 0.983. The van der Waals surface area contributed by atoms with Gasteiger partial charge < -0.3 is 10.6 Å². The fourth-order valence-corrected chi connectivity index (χ4v) is 2.71. The molecule has 4 nitrogen and oxygen atoms in total. The summed E-state index contributed by atoms with van der Waals surface area (Å²) in [5, 5.41) is 6.41. The van der Waals surface area contributed by atoms with Crippen molar-refractivity contribution in [2.45, 2.75) is 26.7 Å². The van der Waals surface area contributed by atoms with Crippen LogP contribution < -0.4 is 10.6 Å². The first-order valence-corrected chi connectivity index (χ1v) is 7.03. The second-order valence-corrected chi connectivity index (χ2v) is 5.60. The summed E-state index contributed by atoms with van der Waals surface area (Å²) in [4.78, 5) is 16.4. The molecule has 0 aromatic carbocycles. The summed E-state index contributed by atoms with van der Waals surface area (Å²) in [6.45, 7) is 6.70. The van der Waals surface area contributed by atoms with Crippen molar-refractivity contribution in [2.75, 3.05) is 19.6 Å². The van der Waals surface area contributed by atoms with Gasteiger partial charge in [-0.25, -0.2) is 0 Å².